The van der Waals surface area contributed by atoms with Crippen LogP contribution in [0, 0.1) is 0 Å². The van der Waals surface area contributed by atoms with Gasteiger partial charge in [0.25, 0.3) is 0 Å². The van der Waals surface area contributed by atoms with Gasteiger partial charge in [0, 0.05) is 11.1 Å². The number of hydrazone groups is 1. The molecule has 3 aromatic rings. The average molecular weight is 310 g/mol. The smallest absolute Gasteiger partial charge is 0.235 e. The molecule has 1 aromatic heterocycles. The first kappa shape index (κ1) is 14.6. The largest absolute Gasteiger partial charge is 0.502 e. The summed E-state index contributed by atoms with van der Waals surface area (Å²) in [6.07, 6.45) is 0. The normalized spacial score (nSPS) is 11.6. The third-order valence-corrected chi connectivity index (χ3v) is 3.46. The lowest BCUT2D eigenvalue weighted by atomic mass is 10.1. The number of nitrogens with one attached hydrogen (secondary N) is 1. The van der Waals surface area contributed by atoms with E-state index in [9.17, 15) is 9.90 Å². The second kappa shape index (κ2) is 5.82. The van der Waals surface area contributed by atoms with Crippen LogP contribution >= 0.6 is 0 Å². The maximum atomic E-state index is 12.2. The van der Waals surface area contributed by atoms with Gasteiger partial charge in [-0.2, -0.15) is 5.10 Å². The van der Waals surface area contributed by atoms with Crippen LogP contribution in [0.15, 0.2) is 62.8 Å². The molecular formula is C16H14N4O3. The number of nitrogens with zero attached hydrogens (tertiary/aromatic N) is 1. The Hall–Kier alpha value is -3.32. The number of hydrogen-bond acceptors (Lipinski definition) is 6. The predicted octanol–water partition coefficient (Wildman–Crippen LogP) is 1.25. The Labute approximate surface area is 130 Å². The minimum Gasteiger partial charge on any atom is -0.502 e. The number of fused-ring (bicyclic) bond motifs is 1. The Morgan fingerprint density at radius 1 is 1.13 bits per heavy atom. The van der Waals surface area contributed by atoms with Crippen LogP contribution in [0.1, 0.15) is 5.56 Å². The van der Waals surface area contributed by atoms with E-state index in [4.69, 9.17) is 16.1 Å². The van der Waals surface area contributed by atoms with Crippen molar-refractivity contribution in [1.29, 1.82) is 0 Å². The van der Waals surface area contributed by atoms with Crippen LogP contribution in [0.25, 0.3) is 22.3 Å². The average Bonchev–Trinajstić information content (AvgIpc) is 2.60. The number of hydrazine groups is 1. The van der Waals surface area contributed by atoms with Crippen LogP contribution in [0.3, 0.4) is 0 Å². The molecule has 0 amide bonds. The number of para-hydroxylation sites is 1. The van der Waals surface area contributed by atoms with Gasteiger partial charge < -0.3 is 20.8 Å². The maximum absolute atomic E-state index is 12.2. The SMILES string of the molecule is N/N=C(\NN)c1ccc(-c2oc3ccccc3c(=O)c2O)cc1. The number of benzene rings is 2. The zero-order valence-electron chi connectivity index (χ0n) is 12.0. The summed E-state index contributed by atoms with van der Waals surface area (Å²) in [5.74, 6) is 10.5. The zero-order chi connectivity index (χ0) is 16.4. The minimum atomic E-state index is -0.473. The first-order valence-electron chi connectivity index (χ1n) is 6.76. The lowest BCUT2D eigenvalue weighted by Crippen LogP contribution is -2.31. The fourth-order valence-electron chi connectivity index (χ4n) is 2.30. The molecule has 0 aliphatic rings. The van der Waals surface area contributed by atoms with E-state index in [0.29, 0.717) is 27.9 Å². The van der Waals surface area contributed by atoms with E-state index in [0.717, 1.165) is 0 Å². The van der Waals surface area contributed by atoms with Crippen LogP contribution in [-0.4, -0.2) is 10.9 Å². The van der Waals surface area contributed by atoms with Gasteiger partial charge in [0.15, 0.2) is 11.6 Å². The number of amidine groups is 1. The van der Waals surface area contributed by atoms with E-state index >= 15 is 0 Å². The lowest BCUT2D eigenvalue weighted by Gasteiger charge is -2.08. The monoisotopic (exact) mass is 310 g/mol. The second-order valence-corrected chi connectivity index (χ2v) is 4.80. The second-order valence-electron chi connectivity index (χ2n) is 4.80. The van der Waals surface area contributed by atoms with Crippen LogP contribution in [0.4, 0.5) is 0 Å². The summed E-state index contributed by atoms with van der Waals surface area (Å²) in [4.78, 5) is 12.2. The van der Waals surface area contributed by atoms with E-state index in [1.807, 2.05) is 0 Å². The highest BCUT2D eigenvalue weighted by Crippen LogP contribution is 2.29. The lowest BCUT2D eigenvalue weighted by molar-refractivity contribution is 0.449. The van der Waals surface area contributed by atoms with Gasteiger partial charge >= 0.3 is 0 Å². The Balaban J connectivity index is 2.14. The number of rotatable bonds is 2. The highest BCUT2D eigenvalue weighted by Gasteiger charge is 2.15. The molecule has 0 radical (unpaired) electrons. The molecule has 0 aliphatic carbocycles. The van der Waals surface area contributed by atoms with Gasteiger partial charge in [0.05, 0.1) is 5.39 Å². The molecule has 116 valence electrons. The van der Waals surface area contributed by atoms with Crippen molar-refractivity contribution in [2.45, 2.75) is 0 Å². The molecule has 23 heavy (non-hydrogen) atoms. The van der Waals surface area contributed by atoms with Crippen molar-refractivity contribution in [2.75, 3.05) is 0 Å². The summed E-state index contributed by atoms with van der Waals surface area (Å²) in [5.41, 5.74) is 3.50. The van der Waals surface area contributed by atoms with E-state index in [1.54, 1.807) is 48.5 Å². The number of aromatic hydroxyl groups is 1. The van der Waals surface area contributed by atoms with Gasteiger partial charge in [-0.25, -0.2) is 5.84 Å². The molecule has 7 nitrogen and oxygen atoms in total. The first-order valence-corrected chi connectivity index (χ1v) is 6.76. The fourth-order valence-corrected chi connectivity index (χ4v) is 2.30. The number of hydrogen-bond donors (Lipinski definition) is 4. The maximum Gasteiger partial charge on any atom is 0.235 e. The van der Waals surface area contributed by atoms with Crippen LogP contribution in [0.5, 0.6) is 5.75 Å². The van der Waals surface area contributed by atoms with Crippen molar-refractivity contribution in [3.8, 4) is 17.1 Å². The van der Waals surface area contributed by atoms with Crippen LogP contribution in [-0.2, 0) is 0 Å². The summed E-state index contributed by atoms with van der Waals surface area (Å²) in [7, 11) is 0. The van der Waals surface area contributed by atoms with Gasteiger partial charge in [0.2, 0.25) is 11.2 Å². The minimum absolute atomic E-state index is 0.104. The summed E-state index contributed by atoms with van der Waals surface area (Å²) in [6, 6.07) is 13.5. The van der Waals surface area contributed by atoms with Crippen molar-refractivity contribution < 1.29 is 9.52 Å². The van der Waals surface area contributed by atoms with Crippen LogP contribution in [0.2, 0.25) is 0 Å². The molecule has 0 spiro atoms. The molecule has 1 heterocycles. The highest BCUT2D eigenvalue weighted by atomic mass is 16.4. The molecule has 7 heteroatoms. The Bertz CT molecular complexity index is 946. The van der Waals surface area contributed by atoms with E-state index < -0.39 is 11.2 Å². The molecule has 3 rings (SSSR count). The quantitative estimate of drug-likeness (QED) is 0.244. The third kappa shape index (κ3) is 2.49. The van der Waals surface area contributed by atoms with E-state index in [-0.39, 0.29) is 5.76 Å². The van der Waals surface area contributed by atoms with Gasteiger partial charge in [-0.3, -0.25) is 4.79 Å². The first-order chi connectivity index (χ1) is 11.2. The van der Waals surface area contributed by atoms with Crippen molar-refractivity contribution >= 4 is 16.8 Å². The van der Waals surface area contributed by atoms with Gasteiger partial charge in [-0.1, -0.05) is 36.4 Å². The highest BCUT2D eigenvalue weighted by molar-refractivity contribution is 5.98. The number of nitrogens with two attached hydrogens (primary N) is 2. The molecule has 0 saturated heterocycles. The molecule has 0 fully saturated rings. The zero-order valence-corrected chi connectivity index (χ0v) is 12.0. The molecule has 6 N–H and O–H groups in total. The van der Waals surface area contributed by atoms with Crippen LogP contribution < -0.4 is 22.5 Å². The van der Waals surface area contributed by atoms with Gasteiger partial charge in [-0.05, 0) is 12.1 Å². The molecule has 2 aromatic carbocycles. The molecular weight excluding hydrogens is 296 g/mol. The summed E-state index contributed by atoms with van der Waals surface area (Å²) >= 11 is 0. The Morgan fingerprint density at radius 2 is 1.83 bits per heavy atom. The summed E-state index contributed by atoms with van der Waals surface area (Å²) < 4.78 is 5.67. The molecule has 0 saturated carbocycles. The van der Waals surface area contributed by atoms with Gasteiger partial charge in [0.1, 0.15) is 5.58 Å². The van der Waals surface area contributed by atoms with E-state index in [1.165, 1.54) is 0 Å². The molecule has 0 unspecified atom stereocenters. The fraction of sp³-hybridized carbons (Fsp3) is 0. The standard InChI is InChI=1S/C16H14N4O3/c17-19-16(20-18)10-7-5-9(6-8-10)15-14(22)13(21)11-3-1-2-4-12(11)23-15/h1-8,22H,17-18H2,(H,19,20). The van der Waals surface area contributed by atoms with Crippen molar-refractivity contribution in [2.24, 2.45) is 16.8 Å². The van der Waals surface area contributed by atoms with Gasteiger partial charge in [-0.15, -0.1) is 0 Å². The Morgan fingerprint density at radius 3 is 2.48 bits per heavy atom. The summed E-state index contributed by atoms with van der Waals surface area (Å²) in [6.45, 7) is 0. The van der Waals surface area contributed by atoms with E-state index in [2.05, 4.69) is 10.5 Å². The summed E-state index contributed by atoms with van der Waals surface area (Å²) in [5, 5.41) is 14.0. The predicted molar refractivity (Wildman–Crippen MR) is 87.6 cm³/mol. The topological polar surface area (TPSA) is 127 Å². The molecule has 0 atom stereocenters. The van der Waals surface area contributed by atoms with Crippen molar-refractivity contribution in [1.82, 2.24) is 5.43 Å². The van der Waals surface area contributed by atoms with Crippen molar-refractivity contribution in [3.05, 3.63) is 64.3 Å². The molecule has 0 bridgehead atoms. The Kier molecular flexibility index (Phi) is 3.70. The van der Waals surface area contributed by atoms with Crippen molar-refractivity contribution in [3.63, 3.8) is 0 Å². The molecule has 0 aliphatic heterocycles. The third-order valence-electron chi connectivity index (χ3n) is 3.46.